The molecule has 204 valence electrons. The summed E-state index contributed by atoms with van der Waals surface area (Å²) in [6.45, 7) is 8.34. The Morgan fingerprint density at radius 3 is 2.10 bits per heavy atom. The highest BCUT2D eigenvalue weighted by molar-refractivity contribution is 7.25. The number of para-hydroxylation sites is 1. The number of fused-ring (bicyclic) bond motifs is 5. The van der Waals surface area contributed by atoms with Gasteiger partial charge in [-0.25, -0.2) is 9.97 Å². The van der Waals surface area contributed by atoms with Crippen LogP contribution < -0.4 is 5.46 Å². The van der Waals surface area contributed by atoms with Crippen molar-refractivity contribution in [2.75, 3.05) is 0 Å². The molecular formula is C36H29BN2O2S. The standard InChI is InChI=1S/C36H29BN2O2S/c1-35(2)36(3,4)41-37(40-35)26-17-15-22-19-24(14-13-23(22)20-26)33-29-10-5-7-11-30(29)38-34(39-33)25-16-18-28-27-9-6-8-12-31(27)42-32(28)21-25/h5-21H,1-4H3. The van der Waals surface area contributed by atoms with Gasteiger partial charge in [0.15, 0.2) is 5.82 Å². The molecule has 2 aromatic heterocycles. The fraction of sp³-hybridized carbons (Fsp3) is 0.167. The highest BCUT2D eigenvalue weighted by Gasteiger charge is 2.51. The Kier molecular flexibility index (Phi) is 5.61. The molecule has 6 heteroatoms. The van der Waals surface area contributed by atoms with E-state index in [4.69, 9.17) is 19.3 Å². The van der Waals surface area contributed by atoms with Crippen molar-refractivity contribution in [1.82, 2.24) is 9.97 Å². The summed E-state index contributed by atoms with van der Waals surface area (Å²) in [5, 5.41) is 5.89. The largest absolute Gasteiger partial charge is 0.494 e. The van der Waals surface area contributed by atoms with E-state index in [-0.39, 0.29) is 18.3 Å². The van der Waals surface area contributed by atoms with Gasteiger partial charge in [-0.15, -0.1) is 11.3 Å². The maximum absolute atomic E-state index is 6.30. The maximum Gasteiger partial charge on any atom is 0.494 e. The second kappa shape index (κ2) is 9.20. The van der Waals surface area contributed by atoms with Crippen molar-refractivity contribution >= 4 is 65.8 Å². The number of benzene rings is 5. The molecule has 0 spiro atoms. The third kappa shape index (κ3) is 4.05. The van der Waals surface area contributed by atoms with Crippen LogP contribution in [0.1, 0.15) is 27.7 Å². The minimum absolute atomic E-state index is 0.371. The van der Waals surface area contributed by atoms with Crippen LogP contribution in [0.25, 0.3) is 64.5 Å². The molecule has 8 rings (SSSR count). The van der Waals surface area contributed by atoms with Crippen molar-refractivity contribution in [1.29, 1.82) is 0 Å². The van der Waals surface area contributed by atoms with E-state index < -0.39 is 0 Å². The van der Waals surface area contributed by atoms with Gasteiger partial charge >= 0.3 is 7.12 Å². The number of aromatic nitrogens is 2. The van der Waals surface area contributed by atoms with Gasteiger partial charge in [0, 0.05) is 36.7 Å². The topological polar surface area (TPSA) is 44.2 Å². The molecule has 0 radical (unpaired) electrons. The average molecular weight is 565 g/mol. The normalized spacial score (nSPS) is 16.2. The Hall–Kier alpha value is -4.10. The molecule has 3 heterocycles. The van der Waals surface area contributed by atoms with Crippen LogP contribution >= 0.6 is 11.3 Å². The van der Waals surface area contributed by atoms with Gasteiger partial charge in [-0.1, -0.05) is 78.9 Å². The highest BCUT2D eigenvalue weighted by atomic mass is 32.1. The fourth-order valence-corrected chi connectivity index (χ4v) is 6.97. The summed E-state index contributed by atoms with van der Waals surface area (Å²) >= 11 is 1.81. The first-order valence-electron chi connectivity index (χ1n) is 14.3. The van der Waals surface area contributed by atoms with Crippen LogP contribution in [0.2, 0.25) is 0 Å². The van der Waals surface area contributed by atoms with Crippen molar-refractivity contribution in [2.45, 2.75) is 38.9 Å². The third-order valence-electron chi connectivity index (χ3n) is 8.90. The van der Waals surface area contributed by atoms with Crippen molar-refractivity contribution < 1.29 is 9.31 Å². The second-order valence-electron chi connectivity index (χ2n) is 12.1. The second-order valence-corrected chi connectivity index (χ2v) is 13.2. The molecule has 1 aliphatic heterocycles. The van der Waals surface area contributed by atoms with Crippen LogP contribution in [-0.4, -0.2) is 28.3 Å². The molecule has 0 N–H and O–H groups in total. The molecule has 1 saturated heterocycles. The van der Waals surface area contributed by atoms with Gasteiger partial charge in [0.1, 0.15) is 0 Å². The van der Waals surface area contributed by atoms with E-state index in [0.717, 1.165) is 49.8 Å². The summed E-state index contributed by atoms with van der Waals surface area (Å²) in [7, 11) is -0.384. The third-order valence-corrected chi connectivity index (χ3v) is 10.0. The predicted octanol–water partition coefficient (Wildman–Crippen LogP) is 8.78. The average Bonchev–Trinajstić information content (AvgIpc) is 3.47. The number of rotatable bonds is 3. The molecule has 1 aliphatic rings. The van der Waals surface area contributed by atoms with Crippen molar-refractivity contribution in [3.63, 3.8) is 0 Å². The lowest BCUT2D eigenvalue weighted by Crippen LogP contribution is -2.41. The minimum atomic E-state index is -0.384. The maximum atomic E-state index is 6.30. The first-order chi connectivity index (χ1) is 20.3. The van der Waals surface area contributed by atoms with Crippen LogP contribution in [-0.2, 0) is 9.31 Å². The fourth-order valence-electron chi connectivity index (χ4n) is 5.83. The van der Waals surface area contributed by atoms with E-state index >= 15 is 0 Å². The van der Waals surface area contributed by atoms with E-state index in [9.17, 15) is 0 Å². The number of hydrogen-bond acceptors (Lipinski definition) is 5. The molecule has 0 saturated carbocycles. The van der Waals surface area contributed by atoms with Crippen LogP contribution in [0.15, 0.2) is 103 Å². The zero-order valence-corrected chi connectivity index (χ0v) is 24.8. The zero-order valence-electron chi connectivity index (χ0n) is 24.0. The van der Waals surface area contributed by atoms with Crippen LogP contribution in [0.4, 0.5) is 0 Å². The molecule has 0 bridgehead atoms. The Labute approximate surface area is 249 Å². The Bertz CT molecular complexity index is 2170. The van der Waals surface area contributed by atoms with Gasteiger partial charge in [0.05, 0.1) is 22.4 Å². The summed E-state index contributed by atoms with van der Waals surface area (Å²) in [4.78, 5) is 10.2. The van der Waals surface area contributed by atoms with Crippen LogP contribution in [0.5, 0.6) is 0 Å². The van der Waals surface area contributed by atoms with E-state index in [2.05, 4.69) is 125 Å². The van der Waals surface area contributed by atoms with Gasteiger partial charge in [0.2, 0.25) is 0 Å². The van der Waals surface area contributed by atoms with Crippen LogP contribution in [0, 0.1) is 0 Å². The van der Waals surface area contributed by atoms with Crippen molar-refractivity contribution in [3.8, 4) is 22.6 Å². The van der Waals surface area contributed by atoms with Crippen molar-refractivity contribution in [2.24, 2.45) is 0 Å². The Balaban J connectivity index is 1.22. The molecule has 42 heavy (non-hydrogen) atoms. The zero-order chi connectivity index (χ0) is 28.6. The SMILES string of the molecule is CC1(C)OB(c2ccc3cc(-c4nc(-c5ccc6c(c5)sc5ccccc56)nc5ccccc45)ccc3c2)OC1(C)C. The van der Waals surface area contributed by atoms with Gasteiger partial charge in [-0.2, -0.15) is 0 Å². The molecule has 7 aromatic rings. The Morgan fingerprint density at radius 1 is 0.595 bits per heavy atom. The number of hydrogen-bond donors (Lipinski definition) is 0. The van der Waals surface area contributed by atoms with Gasteiger partial charge in [-0.3, -0.25) is 0 Å². The molecule has 1 fully saturated rings. The van der Waals surface area contributed by atoms with Crippen molar-refractivity contribution in [3.05, 3.63) is 103 Å². The highest BCUT2D eigenvalue weighted by Crippen LogP contribution is 2.38. The number of nitrogens with zero attached hydrogens (tertiary/aromatic N) is 2. The molecule has 0 amide bonds. The predicted molar refractivity (Wildman–Crippen MR) is 177 cm³/mol. The summed E-state index contributed by atoms with van der Waals surface area (Å²) in [5.41, 5.74) is 4.24. The number of thiophene rings is 1. The summed E-state index contributed by atoms with van der Waals surface area (Å²) in [6.07, 6.45) is 0. The lowest BCUT2D eigenvalue weighted by Gasteiger charge is -2.32. The van der Waals surface area contributed by atoms with E-state index in [0.29, 0.717) is 0 Å². The first kappa shape index (κ1) is 25.6. The van der Waals surface area contributed by atoms with E-state index in [1.807, 2.05) is 17.4 Å². The van der Waals surface area contributed by atoms with Gasteiger partial charge in [-0.05, 0) is 68.2 Å². The Morgan fingerprint density at radius 2 is 1.26 bits per heavy atom. The van der Waals surface area contributed by atoms with E-state index in [1.54, 1.807) is 0 Å². The molecule has 5 aromatic carbocycles. The lowest BCUT2D eigenvalue weighted by atomic mass is 9.78. The smallest absolute Gasteiger partial charge is 0.399 e. The molecule has 0 atom stereocenters. The lowest BCUT2D eigenvalue weighted by molar-refractivity contribution is 0.00578. The molecular weight excluding hydrogens is 535 g/mol. The summed E-state index contributed by atoms with van der Waals surface area (Å²) in [5.74, 6) is 0.735. The molecule has 0 unspecified atom stereocenters. The first-order valence-corrected chi connectivity index (χ1v) is 15.2. The monoisotopic (exact) mass is 564 g/mol. The minimum Gasteiger partial charge on any atom is -0.399 e. The van der Waals surface area contributed by atoms with E-state index in [1.165, 1.54) is 20.2 Å². The molecule has 4 nitrogen and oxygen atoms in total. The summed E-state index contributed by atoms with van der Waals surface area (Å²) in [6, 6.07) is 36.4. The van der Waals surface area contributed by atoms with Crippen LogP contribution in [0.3, 0.4) is 0 Å². The molecule has 0 aliphatic carbocycles. The summed E-state index contributed by atoms with van der Waals surface area (Å²) < 4.78 is 15.1. The quantitative estimate of drug-likeness (QED) is 0.201. The van der Waals surface area contributed by atoms with Gasteiger partial charge in [0.25, 0.3) is 0 Å². The van der Waals surface area contributed by atoms with Gasteiger partial charge < -0.3 is 9.31 Å².